The first-order chi connectivity index (χ1) is 8.50. The molecule has 2 aromatic rings. The summed E-state index contributed by atoms with van der Waals surface area (Å²) < 4.78 is 13.6. The molecular weight excluding hydrogens is 245 g/mol. The molecule has 1 aromatic carbocycles. The predicted octanol–water partition coefficient (Wildman–Crippen LogP) is 0.618. The van der Waals surface area contributed by atoms with Crippen LogP contribution in [0.5, 0.6) is 0 Å². The highest BCUT2D eigenvalue weighted by Gasteiger charge is 2.20. The standard InChI is InChI=1S/C9H6FN5O3/c10-6-2-1-4(15(17)18)3-5(6)7-8(9(11)16)13-14-12-7/h1-3H,(H2,11,16)(H,12,13,14). The highest BCUT2D eigenvalue weighted by Crippen LogP contribution is 2.26. The summed E-state index contributed by atoms with van der Waals surface area (Å²) in [6, 6.07) is 2.87. The second kappa shape index (κ2) is 4.20. The topological polar surface area (TPSA) is 128 Å². The van der Waals surface area contributed by atoms with Gasteiger partial charge in [0, 0.05) is 17.7 Å². The van der Waals surface area contributed by atoms with Crippen LogP contribution in [-0.4, -0.2) is 26.2 Å². The van der Waals surface area contributed by atoms with Crippen LogP contribution in [0.15, 0.2) is 18.2 Å². The minimum atomic E-state index is -0.912. The number of rotatable bonds is 3. The van der Waals surface area contributed by atoms with E-state index in [0.717, 1.165) is 18.2 Å². The Morgan fingerprint density at radius 2 is 2.17 bits per heavy atom. The SMILES string of the molecule is NC(=O)c1n[nH]nc1-c1cc([N+](=O)[O-])ccc1F. The summed E-state index contributed by atoms with van der Waals surface area (Å²) in [5.74, 6) is -1.68. The van der Waals surface area contributed by atoms with E-state index in [1.54, 1.807) is 0 Å². The largest absolute Gasteiger partial charge is 0.364 e. The number of carbonyl (C=O) groups is 1. The quantitative estimate of drug-likeness (QED) is 0.610. The second-order valence-corrected chi connectivity index (χ2v) is 3.31. The Morgan fingerprint density at radius 3 is 2.78 bits per heavy atom. The monoisotopic (exact) mass is 251 g/mol. The minimum Gasteiger partial charge on any atom is -0.364 e. The third-order valence-electron chi connectivity index (χ3n) is 2.20. The fourth-order valence-electron chi connectivity index (χ4n) is 1.40. The van der Waals surface area contributed by atoms with Crippen molar-refractivity contribution >= 4 is 11.6 Å². The number of hydrogen-bond donors (Lipinski definition) is 2. The van der Waals surface area contributed by atoms with Crippen LogP contribution < -0.4 is 5.73 Å². The Bertz CT molecular complexity index is 639. The van der Waals surface area contributed by atoms with E-state index in [2.05, 4.69) is 15.4 Å². The average molecular weight is 251 g/mol. The molecular formula is C9H6FN5O3. The van der Waals surface area contributed by atoms with Gasteiger partial charge in [0.25, 0.3) is 11.6 Å². The van der Waals surface area contributed by atoms with Crippen molar-refractivity contribution in [2.45, 2.75) is 0 Å². The van der Waals surface area contributed by atoms with Crippen LogP contribution in [0.4, 0.5) is 10.1 Å². The number of nitrogens with two attached hydrogens (primary N) is 1. The van der Waals surface area contributed by atoms with E-state index in [0.29, 0.717) is 0 Å². The van der Waals surface area contributed by atoms with Crippen molar-refractivity contribution in [2.24, 2.45) is 5.73 Å². The van der Waals surface area contributed by atoms with Gasteiger partial charge in [-0.25, -0.2) is 4.39 Å². The van der Waals surface area contributed by atoms with E-state index in [1.807, 2.05) is 0 Å². The van der Waals surface area contributed by atoms with Crippen LogP contribution in [0.3, 0.4) is 0 Å². The lowest BCUT2D eigenvalue weighted by molar-refractivity contribution is -0.384. The summed E-state index contributed by atoms with van der Waals surface area (Å²) >= 11 is 0. The van der Waals surface area contributed by atoms with Gasteiger partial charge < -0.3 is 5.73 Å². The molecule has 1 aromatic heterocycles. The zero-order valence-electron chi connectivity index (χ0n) is 8.75. The molecule has 0 unspecified atom stereocenters. The number of benzene rings is 1. The summed E-state index contributed by atoms with van der Waals surface area (Å²) in [6.45, 7) is 0. The number of aromatic amines is 1. The van der Waals surface area contributed by atoms with Crippen LogP contribution in [0.25, 0.3) is 11.3 Å². The number of non-ortho nitro benzene ring substituents is 1. The number of amides is 1. The molecule has 1 amide bonds. The van der Waals surface area contributed by atoms with Crippen LogP contribution in [0, 0.1) is 15.9 Å². The molecule has 0 aliphatic carbocycles. The van der Waals surface area contributed by atoms with Gasteiger partial charge in [0.05, 0.1) is 4.92 Å². The third kappa shape index (κ3) is 1.88. The Balaban J connectivity index is 2.63. The molecule has 1 heterocycles. The average Bonchev–Trinajstić information content (AvgIpc) is 2.78. The summed E-state index contributed by atoms with van der Waals surface area (Å²) in [6.07, 6.45) is 0. The van der Waals surface area contributed by atoms with Crippen LogP contribution >= 0.6 is 0 Å². The van der Waals surface area contributed by atoms with E-state index in [4.69, 9.17) is 5.73 Å². The maximum Gasteiger partial charge on any atom is 0.271 e. The molecule has 3 N–H and O–H groups in total. The molecule has 0 aliphatic heterocycles. The molecule has 0 radical (unpaired) electrons. The first kappa shape index (κ1) is 11.6. The summed E-state index contributed by atoms with van der Waals surface area (Å²) in [4.78, 5) is 20.9. The van der Waals surface area contributed by atoms with Gasteiger partial charge in [-0.3, -0.25) is 14.9 Å². The third-order valence-corrected chi connectivity index (χ3v) is 2.20. The summed E-state index contributed by atoms with van der Waals surface area (Å²) in [5, 5.41) is 19.7. The van der Waals surface area contributed by atoms with Crippen molar-refractivity contribution in [3.05, 3.63) is 39.8 Å². The second-order valence-electron chi connectivity index (χ2n) is 3.31. The first-order valence-electron chi connectivity index (χ1n) is 4.65. The van der Waals surface area contributed by atoms with Crippen LogP contribution in [-0.2, 0) is 0 Å². The molecule has 0 saturated heterocycles. The smallest absolute Gasteiger partial charge is 0.271 e. The van der Waals surface area contributed by atoms with Crippen LogP contribution in [0.2, 0.25) is 0 Å². The Hall–Kier alpha value is -2.84. The summed E-state index contributed by atoms with van der Waals surface area (Å²) in [7, 11) is 0. The van der Waals surface area contributed by atoms with E-state index in [1.165, 1.54) is 0 Å². The number of aromatic nitrogens is 3. The van der Waals surface area contributed by atoms with Crippen molar-refractivity contribution in [1.82, 2.24) is 15.4 Å². The number of nitrogens with one attached hydrogen (secondary N) is 1. The maximum atomic E-state index is 13.6. The molecule has 0 spiro atoms. The molecule has 9 heteroatoms. The number of carbonyl (C=O) groups excluding carboxylic acids is 1. The number of hydrogen-bond acceptors (Lipinski definition) is 5. The lowest BCUT2D eigenvalue weighted by Gasteiger charge is -2.00. The van der Waals surface area contributed by atoms with Crippen molar-refractivity contribution in [3.63, 3.8) is 0 Å². The number of nitro benzene ring substituents is 1. The Morgan fingerprint density at radius 1 is 1.44 bits per heavy atom. The number of nitrogens with zero attached hydrogens (tertiary/aromatic N) is 3. The normalized spacial score (nSPS) is 10.3. The number of primary amides is 1. The maximum absolute atomic E-state index is 13.6. The fourth-order valence-corrected chi connectivity index (χ4v) is 1.40. The van der Waals surface area contributed by atoms with Gasteiger partial charge >= 0.3 is 0 Å². The van der Waals surface area contributed by atoms with Gasteiger partial charge in [-0.05, 0) is 6.07 Å². The lowest BCUT2D eigenvalue weighted by Crippen LogP contribution is -2.13. The van der Waals surface area contributed by atoms with Gasteiger partial charge in [0.1, 0.15) is 11.5 Å². The highest BCUT2D eigenvalue weighted by atomic mass is 19.1. The van der Waals surface area contributed by atoms with Gasteiger partial charge in [0.2, 0.25) is 0 Å². The zero-order valence-corrected chi connectivity index (χ0v) is 8.75. The van der Waals surface area contributed by atoms with Gasteiger partial charge in [-0.2, -0.15) is 15.4 Å². The summed E-state index contributed by atoms with van der Waals surface area (Å²) in [5.41, 5.74) is 4.04. The zero-order chi connectivity index (χ0) is 13.3. The molecule has 0 saturated carbocycles. The fraction of sp³-hybridized carbons (Fsp3) is 0. The van der Waals surface area contributed by atoms with Crippen molar-refractivity contribution < 1.29 is 14.1 Å². The van der Waals surface area contributed by atoms with E-state index in [-0.39, 0.29) is 22.6 Å². The first-order valence-corrected chi connectivity index (χ1v) is 4.65. The van der Waals surface area contributed by atoms with Crippen molar-refractivity contribution in [2.75, 3.05) is 0 Å². The molecule has 0 bridgehead atoms. The molecule has 2 rings (SSSR count). The predicted molar refractivity (Wildman–Crippen MR) is 56.9 cm³/mol. The molecule has 92 valence electrons. The Kier molecular flexibility index (Phi) is 2.72. The van der Waals surface area contributed by atoms with Gasteiger partial charge in [-0.15, -0.1) is 0 Å². The van der Waals surface area contributed by atoms with Gasteiger partial charge in [-0.1, -0.05) is 0 Å². The molecule has 0 fully saturated rings. The number of nitro groups is 1. The molecule has 8 nitrogen and oxygen atoms in total. The van der Waals surface area contributed by atoms with Crippen molar-refractivity contribution in [1.29, 1.82) is 0 Å². The minimum absolute atomic E-state index is 0.163. The van der Waals surface area contributed by atoms with E-state index < -0.39 is 16.6 Å². The molecule has 18 heavy (non-hydrogen) atoms. The van der Waals surface area contributed by atoms with Crippen molar-refractivity contribution in [3.8, 4) is 11.3 Å². The number of H-pyrrole nitrogens is 1. The highest BCUT2D eigenvalue weighted by molar-refractivity contribution is 5.96. The van der Waals surface area contributed by atoms with Crippen LogP contribution in [0.1, 0.15) is 10.5 Å². The van der Waals surface area contributed by atoms with Gasteiger partial charge in [0.15, 0.2) is 5.69 Å². The van der Waals surface area contributed by atoms with E-state index in [9.17, 15) is 19.3 Å². The van der Waals surface area contributed by atoms with E-state index >= 15 is 0 Å². The Labute approximate surface area is 98.8 Å². The molecule has 0 atom stereocenters. The number of halogens is 1. The molecule has 0 aliphatic rings. The lowest BCUT2D eigenvalue weighted by atomic mass is 10.1.